The minimum absolute atomic E-state index is 0.0148. The summed E-state index contributed by atoms with van der Waals surface area (Å²) in [6.45, 7) is 0. The lowest BCUT2D eigenvalue weighted by molar-refractivity contribution is 0.0935. The molecule has 1 amide bonds. The predicted octanol–water partition coefficient (Wildman–Crippen LogP) is -0.254. The van der Waals surface area contributed by atoms with Gasteiger partial charge in [0.05, 0.1) is 0 Å². The molecule has 6 heteroatoms. The molecule has 1 saturated carbocycles. The number of hydrogen-bond acceptors (Lipinski definition) is 3. The van der Waals surface area contributed by atoms with Gasteiger partial charge in [-0.15, -0.1) is 0 Å². The van der Waals surface area contributed by atoms with Gasteiger partial charge >= 0.3 is 5.69 Å². The molecule has 1 aliphatic carbocycles. The lowest BCUT2D eigenvalue weighted by Gasteiger charge is -2.11. The Morgan fingerprint density at radius 3 is 2.71 bits per heavy atom. The number of rotatable bonds is 2. The van der Waals surface area contributed by atoms with Gasteiger partial charge in [-0.05, 0) is 12.8 Å². The van der Waals surface area contributed by atoms with Crippen molar-refractivity contribution in [3.63, 3.8) is 0 Å². The van der Waals surface area contributed by atoms with E-state index in [0.29, 0.717) is 0 Å². The molecule has 1 fully saturated rings. The standard InChI is InChI=1S/C11H15N3O3/c1-14-10(16)8(6-12-11(14)17)9(15)13-7-4-2-3-5-7/h6-7H,2-5H2,1H3,(H,12,17)(H,13,15). The van der Waals surface area contributed by atoms with E-state index < -0.39 is 17.2 Å². The number of H-pyrrole nitrogens is 1. The van der Waals surface area contributed by atoms with Gasteiger partial charge in [0.15, 0.2) is 0 Å². The van der Waals surface area contributed by atoms with Crippen molar-refractivity contribution in [3.05, 3.63) is 32.6 Å². The van der Waals surface area contributed by atoms with Crippen molar-refractivity contribution in [2.24, 2.45) is 7.05 Å². The minimum atomic E-state index is -0.566. The predicted molar refractivity (Wildman–Crippen MR) is 62.0 cm³/mol. The quantitative estimate of drug-likeness (QED) is 0.743. The van der Waals surface area contributed by atoms with Gasteiger partial charge in [0.1, 0.15) is 5.56 Å². The van der Waals surface area contributed by atoms with Gasteiger partial charge in [-0.2, -0.15) is 0 Å². The van der Waals surface area contributed by atoms with E-state index in [1.807, 2.05) is 0 Å². The van der Waals surface area contributed by atoms with Crippen LogP contribution in [0.2, 0.25) is 0 Å². The van der Waals surface area contributed by atoms with E-state index >= 15 is 0 Å². The molecule has 6 nitrogen and oxygen atoms in total. The van der Waals surface area contributed by atoms with Gasteiger partial charge in [-0.1, -0.05) is 12.8 Å². The maximum Gasteiger partial charge on any atom is 0.328 e. The van der Waals surface area contributed by atoms with Crippen LogP contribution in [0, 0.1) is 0 Å². The zero-order chi connectivity index (χ0) is 12.4. The van der Waals surface area contributed by atoms with Gasteiger partial charge in [0.25, 0.3) is 11.5 Å². The first-order valence-corrected chi connectivity index (χ1v) is 5.69. The molecule has 0 radical (unpaired) electrons. The number of aromatic nitrogens is 2. The second-order valence-corrected chi connectivity index (χ2v) is 4.33. The van der Waals surface area contributed by atoms with E-state index in [2.05, 4.69) is 10.3 Å². The fraction of sp³-hybridized carbons (Fsp3) is 0.545. The van der Waals surface area contributed by atoms with Crippen molar-refractivity contribution >= 4 is 5.91 Å². The Bertz CT molecular complexity index is 538. The van der Waals surface area contributed by atoms with Crippen molar-refractivity contribution in [2.45, 2.75) is 31.7 Å². The lowest BCUT2D eigenvalue weighted by atomic mass is 10.2. The molecule has 1 heterocycles. The summed E-state index contributed by atoms with van der Waals surface area (Å²) in [5, 5.41) is 2.81. The third kappa shape index (κ3) is 2.30. The Hall–Kier alpha value is -1.85. The van der Waals surface area contributed by atoms with Crippen molar-refractivity contribution in [1.82, 2.24) is 14.9 Å². The molecule has 0 spiro atoms. The molecule has 0 bridgehead atoms. The van der Waals surface area contributed by atoms with Gasteiger partial charge in [-0.25, -0.2) is 4.79 Å². The highest BCUT2D eigenvalue weighted by atomic mass is 16.2. The van der Waals surface area contributed by atoms with Gasteiger partial charge in [-0.3, -0.25) is 14.2 Å². The van der Waals surface area contributed by atoms with Crippen LogP contribution in [-0.4, -0.2) is 21.5 Å². The normalized spacial score (nSPS) is 16.1. The number of hydrogen-bond donors (Lipinski definition) is 2. The maximum absolute atomic E-state index is 11.8. The van der Waals surface area contributed by atoms with Crippen molar-refractivity contribution in [3.8, 4) is 0 Å². The van der Waals surface area contributed by atoms with Crippen LogP contribution in [0.15, 0.2) is 15.8 Å². The van der Waals surface area contributed by atoms with Crippen LogP contribution >= 0.6 is 0 Å². The summed E-state index contributed by atoms with van der Waals surface area (Å²) >= 11 is 0. The molecule has 2 N–H and O–H groups in total. The van der Waals surface area contributed by atoms with Crippen LogP contribution in [0.3, 0.4) is 0 Å². The Balaban J connectivity index is 2.22. The number of nitrogens with one attached hydrogen (secondary N) is 2. The Labute approximate surface area is 97.7 Å². The van der Waals surface area contributed by atoms with Crippen molar-refractivity contribution in [1.29, 1.82) is 0 Å². The smallest absolute Gasteiger partial charge is 0.328 e. The SMILES string of the molecule is Cn1c(=O)[nH]cc(C(=O)NC2CCCC2)c1=O. The summed E-state index contributed by atoms with van der Waals surface area (Å²) in [6.07, 6.45) is 5.29. The summed E-state index contributed by atoms with van der Waals surface area (Å²) in [6, 6.07) is 0.152. The minimum Gasteiger partial charge on any atom is -0.349 e. The van der Waals surface area contributed by atoms with Crippen LogP contribution in [0.4, 0.5) is 0 Å². The first-order chi connectivity index (χ1) is 8.09. The van der Waals surface area contributed by atoms with E-state index in [1.54, 1.807) is 0 Å². The fourth-order valence-corrected chi connectivity index (χ4v) is 2.06. The summed E-state index contributed by atoms with van der Waals surface area (Å²) in [5.74, 6) is -0.409. The van der Waals surface area contributed by atoms with Gasteiger partial charge in [0, 0.05) is 19.3 Å². The highest BCUT2D eigenvalue weighted by Crippen LogP contribution is 2.17. The van der Waals surface area contributed by atoms with Crippen molar-refractivity contribution in [2.75, 3.05) is 0 Å². The molecule has 0 aromatic carbocycles. The summed E-state index contributed by atoms with van der Waals surface area (Å²) < 4.78 is 0.892. The number of carbonyl (C=O) groups excluding carboxylic acids is 1. The van der Waals surface area contributed by atoms with Gasteiger partial charge < -0.3 is 10.3 Å². The molecular formula is C11H15N3O3. The highest BCUT2D eigenvalue weighted by Gasteiger charge is 2.20. The van der Waals surface area contributed by atoms with E-state index in [0.717, 1.165) is 30.3 Å². The molecule has 2 rings (SSSR count). The number of carbonyl (C=O) groups is 1. The number of amides is 1. The monoisotopic (exact) mass is 237 g/mol. The Morgan fingerprint density at radius 1 is 1.41 bits per heavy atom. The number of aromatic amines is 1. The average Bonchev–Trinajstić information content (AvgIpc) is 2.78. The van der Waals surface area contributed by atoms with Crippen LogP contribution in [0.5, 0.6) is 0 Å². The first kappa shape index (κ1) is 11.6. The van der Waals surface area contributed by atoms with Crippen LogP contribution in [-0.2, 0) is 7.05 Å². The second kappa shape index (κ2) is 4.57. The largest absolute Gasteiger partial charge is 0.349 e. The molecule has 0 saturated heterocycles. The summed E-state index contributed by atoms with van der Waals surface area (Å²) in [7, 11) is 1.34. The van der Waals surface area contributed by atoms with Crippen LogP contribution < -0.4 is 16.6 Å². The van der Waals surface area contributed by atoms with E-state index in [1.165, 1.54) is 13.2 Å². The molecule has 92 valence electrons. The first-order valence-electron chi connectivity index (χ1n) is 5.69. The summed E-state index contributed by atoms with van der Waals surface area (Å²) in [5.41, 5.74) is -1.10. The highest BCUT2D eigenvalue weighted by molar-refractivity contribution is 5.93. The molecule has 1 aliphatic rings. The van der Waals surface area contributed by atoms with E-state index in [4.69, 9.17) is 0 Å². The zero-order valence-electron chi connectivity index (χ0n) is 9.66. The third-order valence-electron chi connectivity index (χ3n) is 3.11. The summed E-state index contributed by atoms with van der Waals surface area (Å²) in [4.78, 5) is 37.0. The molecule has 0 aliphatic heterocycles. The van der Waals surface area contributed by atoms with E-state index in [-0.39, 0.29) is 11.6 Å². The fourth-order valence-electron chi connectivity index (χ4n) is 2.06. The van der Waals surface area contributed by atoms with Crippen LogP contribution in [0.25, 0.3) is 0 Å². The zero-order valence-corrected chi connectivity index (χ0v) is 9.66. The average molecular weight is 237 g/mol. The van der Waals surface area contributed by atoms with Crippen LogP contribution in [0.1, 0.15) is 36.0 Å². The molecular weight excluding hydrogens is 222 g/mol. The van der Waals surface area contributed by atoms with E-state index in [9.17, 15) is 14.4 Å². The number of nitrogens with zero attached hydrogens (tertiary/aromatic N) is 1. The Kier molecular flexibility index (Phi) is 3.12. The molecule has 1 aromatic heterocycles. The molecule has 1 aromatic rings. The maximum atomic E-state index is 11.8. The topological polar surface area (TPSA) is 84.0 Å². The Morgan fingerprint density at radius 2 is 2.06 bits per heavy atom. The molecule has 0 atom stereocenters. The van der Waals surface area contributed by atoms with Crippen molar-refractivity contribution < 1.29 is 4.79 Å². The third-order valence-corrected chi connectivity index (χ3v) is 3.11. The second-order valence-electron chi connectivity index (χ2n) is 4.33. The molecule has 0 unspecified atom stereocenters. The molecule has 17 heavy (non-hydrogen) atoms. The lowest BCUT2D eigenvalue weighted by Crippen LogP contribution is -2.41. The van der Waals surface area contributed by atoms with Gasteiger partial charge in [0.2, 0.25) is 0 Å².